The smallest absolute Gasteiger partial charge is 0.331 e. The zero-order valence-corrected chi connectivity index (χ0v) is 14.2. The minimum absolute atomic E-state index is 0.126. The third kappa shape index (κ3) is 4.76. The van der Waals surface area contributed by atoms with Crippen LogP contribution in [0.5, 0.6) is 5.75 Å². The van der Waals surface area contributed by atoms with Crippen molar-refractivity contribution < 1.29 is 24.0 Å². The molecule has 0 aromatic heterocycles. The van der Waals surface area contributed by atoms with Crippen molar-refractivity contribution in [3.05, 3.63) is 75.8 Å². The first kappa shape index (κ1) is 18.9. The number of carbonyl (C=O) groups is 2. The first-order valence-electron chi connectivity index (χ1n) is 7.72. The molecule has 0 aliphatic heterocycles. The van der Waals surface area contributed by atoms with Crippen LogP contribution in [0, 0.1) is 10.1 Å². The fraction of sp³-hybridized carbons (Fsp3) is 0.158. The van der Waals surface area contributed by atoms with Crippen molar-refractivity contribution in [3.63, 3.8) is 0 Å². The van der Waals surface area contributed by atoms with Gasteiger partial charge in [-0.2, -0.15) is 0 Å². The average molecular weight is 355 g/mol. The Hall–Kier alpha value is -3.48. The normalized spacial score (nSPS) is 11.8. The number of carbonyl (C=O) groups excluding carboxylic acids is 2. The van der Waals surface area contributed by atoms with Gasteiger partial charge in [-0.1, -0.05) is 12.1 Å². The molecular formula is C19H17NO6. The first-order valence-corrected chi connectivity index (χ1v) is 7.72. The van der Waals surface area contributed by atoms with Gasteiger partial charge in [0.1, 0.15) is 5.75 Å². The molecule has 134 valence electrons. The van der Waals surface area contributed by atoms with Crippen molar-refractivity contribution in [1.29, 1.82) is 0 Å². The summed E-state index contributed by atoms with van der Waals surface area (Å²) >= 11 is 0. The highest BCUT2D eigenvalue weighted by molar-refractivity contribution is 6.01. The Morgan fingerprint density at radius 1 is 1.12 bits per heavy atom. The van der Waals surface area contributed by atoms with E-state index >= 15 is 0 Å². The van der Waals surface area contributed by atoms with Crippen LogP contribution < -0.4 is 4.74 Å². The van der Waals surface area contributed by atoms with E-state index in [0.29, 0.717) is 11.3 Å². The second-order valence-corrected chi connectivity index (χ2v) is 5.32. The average Bonchev–Trinajstić information content (AvgIpc) is 2.66. The van der Waals surface area contributed by atoms with E-state index in [1.54, 1.807) is 30.3 Å². The van der Waals surface area contributed by atoms with Gasteiger partial charge in [0.25, 0.3) is 5.69 Å². The number of hydrogen-bond donors (Lipinski definition) is 0. The largest absolute Gasteiger partial charge is 0.497 e. The van der Waals surface area contributed by atoms with Gasteiger partial charge in [-0.15, -0.1) is 0 Å². The number of nitro benzene ring substituents is 1. The van der Waals surface area contributed by atoms with Crippen molar-refractivity contribution in [1.82, 2.24) is 0 Å². The zero-order valence-electron chi connectivity index (χ0n) is 14.2. The van der Waals surface area contributed by atoms with Gasteiger partial charge < -0.3 is 9.47 Å². The fourth-order valence-electron chi connectivity index (χ4n) is 2.21. The summed E-state index contributed by atoms with van der Waals surface area (Å²) in [6.07, 6.45) is 1.34. The van der Waals surface area contributed by atoms with Crippen LogP contribution in [0.15, 0.2) is 54.6 Å². The van der Waals surface area contributed by atoms with Crippen LogP contribution in [0.2, 0.25) is 0 Å². The minimum Gasteiger partial charge on any atom is -0.497 e. The number of nitro groups is 1. The van der Waals surface area contributed by atoms with E-state index in [1.807, 2.05) is 0 Å². The summed E-state index contributed by atoms with van der Waals surface area (Å²) in [7, 11) is 1.52. The molecule has 2 aromatic carbocycles. The van der Waals surface area contributed by atoms with Gasteiger partial charge in [-0.05, 0) is 43.3 Å². The van der Waals surface area contributed by atoms with Crippen LogP contribution in [-0.2, 0) is 9.53 Å². The minimum atomic E-state index is -0.994. The maximum absolute atomic E-state index is 12.3. The van der Waals surface area contributed by atoms with Crippen molar-refractivity contribution in [2.75, 3.05) is 7.11 Å². The lowest BCUT2D eigenvalue weighted by atomic mass is 10.1. The lowest BCUT2D eigenvalue weighted by Gasteiger charge is -2.11. The standard InChI is InChI=1S/C19H17NO6/c1-13(19(22)15-7-10-16(25-2)11-8-15)26-18(21)12-9-14-5-3-4-6-17(14)20(23)24/h3-13H,1-2H3/b12-9+/t13-/m1/s1. The molecule has 0 fully saturated rings. The van der Waals surface area contributed by atoms with Crippen LogP contribution in [-0.4, -0.2) is 29.9 Å². The van der Waals surface area contributed by atoms with Crippen LogP contribution in [0.1, 0.15) is 22.8 Å². The Kier molecular flexibility index (Phi) is 6.21. The molecule has 26 heavy (non-hydrogen) atoms. The topological polar surface area (TPSA) is 95.7 Å². The van der Waals surface area contributed by atoms with Gasteiger partial charge in [0.2, 0.25) is 5.78 Å². The Labute approximate surface area is 150 Å². The van der Waals surface area contributed by atoms with E-state index in [2.05, 4.69) is 0 Å². The monoisotopic (exact) mass is 355 g/mol. The lowest BCUT2D eigenvalue weighted by molar-refractivity contribution is -0.385. The molecule has 7 nitrogen and oxygen atoms in total. The second kappa shape index (κ2) is 8.57. The first-order chi connectivity index (χ1) is 12.4. The highest BCUT2D eigenvalue weighted by atomic mass is 16.6. The van der Waals surface area contributed by atoms with Gasteiger partial charge in [-0.3, -0.25) is 14.9 Å². The molecule has 0 amide bonds. The van der Waals surface area contributed by atoms with Gasteiger partial charge in [-0.25, -0.2) is 4.79 Å². The molecule has 0 aliphatic rings. The molecule has 0 spiro atoms. The summed E-state index contributed by atoms with van der Waals surface area (Å²) in [6, 6.07) is 12.4. The van der Waals surface area contributed by atoms with Crippen molar-refractivity contribution >= 4 is 23.5 Å². The molecule has 0 aliphatic carbocycles. The van der Waals surface area contributed by atoms with Gasteiger partial charge in [0, 0.05) is 17.7 Å². The number of ether oxygens (including phenoxy) is 2. The zero-order chi connectivity index (χ0) is 19.1. The summed E-state index contributed by atoms with van der Waals surface area (Å²) in [5.74, 6) is -0.517. The highest BCUT2D eigenvalue weighted by Gasteiger charge is 2.19. The van der Waals surface area contributed by atoms with Crippen LogP contribution >= 0.6 is 0 Å². The number of methoxy groups -OCH3 is 1. The number of hydrogen-bond acceptors (Lipinski definition) is 6. The van der Waals surface area contributed by atoms with Crippen molar-refractivity contribution in [3.8, 4) is 5.75 Å². The maximum Gasteiger partial charge on any atom is 0.331 e. The summed E-state index contributed by atoms with van der Waals surface area (Å²) < 4.78 is 10.1. The summed E-state index contributed by atoms with van der Waals surface area (Å²) in [4.78, 5) is 34.6. The number of nitrogens with zero attached hydrogens (tertiary/aromatic N) is 1. The molecule has 0 bridgehead atoms. The lowest BCUT2D eigenvalue weighted by Crippen LogP contribution is -2.23. The Morgan fingerprint density at radius 2 is 1.77 bits per heavy atom. The quantitative estimate of drug-likeness (QED) is 0.248. The summed E-state index contributed by atoms with van der Waals surface area (Å²) in [5, 5.41) is 10.9. The summed E-state index contributed by atoms with van der Waals surface area (Å²) in [5.41, 5.74) is 0.524. The fourth-order valence-corrected chi connectivity index (χ4v) is 2.21. The highest BCUT2D eigenvalue weighted by Crippen LogP contribution is 2.19. The summed E-state index contributed by atoms with van der Waals surface area (Å²) in [6.45, 7) is 1.46. The predicted molar refractivity (Wildman–Crippen MR) is 95.0 cm³/mol. The van der Waals surface area contributed by atoms with E-state index in [4.69, 9.17) is 9.47 Å². The van der Waals surface area contributed by atoms with E-state index in [-0.39, 0.29) is 17.0 Å². The number of esters is 1. The molecule has 0 radical (unpaired) electrons. The Balaban J connectivity index is 2.02. The van der Waals surface area contributed by atoms with Crippen LogP contribution in [0.3, 0.4) is 0 Å². The SMILES string of the molecule is COc1ccc(C(=O)[C@@H](C)OC(=O)/C=C/c2ccccc2[N+](=O)[O-])cc1. The van der Waals surface area contributed by atoms with Crippen molar-refractivity contribution in [2.24, 2.45) is 0 Å². The maximum atomic E-state index is 12.3. The third-order valence-electron chi connectivity index (χ3n) is 3.57. The van der Waals surface area contributed by atoms with Gasteiger partial charge in [0.15, 0.2) is 6.10 Å². The number of benzene rings is 2. The van der Waals surface area contributed by atoms with E-state index in [1.165, 1.54) is 38.3 Å². The predicted octanol–water partition coefficient (Wildman–Crippen LogP) is 3.43. The molecule has 0 N–H and O–H groups in total. The Morgan fingerprint density at radius 3 is 2.38 bits per heavy atom. The van der Waals surface area contributed by atoms with E-state index in [0.717, 1.165) is 6.08 Å². The van der Waals surface area contributed by atoms with E-state index in [9.17, 15) is 19.7 Å². The molecule has 7 heteroatoms. The molecule has 0 saturated carbocycles. The molecular weight excluding hydrogens is 338 g/mol. The molecule has 0 saturated heterocycles. The third-order valence-corrected chi connectivity index (χ3v) is 3.57. The second-order valence-electron chi connectivity index (χ2n) is 5.32. The van der Waals surface area contributed by atoms with E-state index < -0.39 is 17.0 Å². The molecule has 1 atom stereocenters. The number of para-hydroxylation sites is 1. The molecule has 0 heterocycles. The number of ketones is 1. The molecule has 0 unspecified atom stereocenters. The number of rotatable bonds is 7. The van der Waals surface area contributed by atoms with Gasteiger partial charge in [0.05, 0.1) is 17.6 Å². The van der Waals surface area contributed by atoms with Gasteiger partial charge >= 0.3 is 5.97 Å². The Bertz CT molecular complexity index is 841. The van der Waals surface area contributed by atoms with Crippen molar-refractivity contribution in [2.45, 2.75) is 13.0 Å². The van der Waals surface area contributed by atoms with Crippen LogP contribution in [0.25, 0.3) is 6.08 Å². The van der Waals surface area contributed by atoms with Crippen LogP contribution in [0.4, 0.5) is 5.69 Å². The number of Topliss-reactive ketones (excluding diaryl/α,β-unsaturated/α-hetero) is 1. The molecule has 2 aromatic rings. The molecule has 2 rings (SSSR count).